The van der Waals surface area contributed by atoms with Crippen molar-refractivity contribution < 1.29 is 9.53 Å². The van der Waals surface area contributed by atoms with E-state index in [9.17, 15) is 4.79 Å². The number of hydrogen-bond donors (Lipinski definition) is 0. The predicted octanol–water partition coefficient (Wildman–Crippen LogP) is 4.87. The fraction of sp³-hybridized carbons (Fsp3) is 0.407. The Hall–Kier alpha value is -2.24. The van der Waals surface area contributed by atoms with Crippen LogP contribution in [0.1, 0.15) is 35.8 Å². The summed E-state index contributed by atoms with van der Waals surface area (Å²) in [4.78, 5) is 22.1. The highest BCUT2D eigenvalue weighted by molar-refractivity contribution is 9.10. The van der Waals surface area contributed by atoms with E-state index in [0.717, 1.165) is 70.6 Å². The van der Waals surface area contributed by atoms with Crippen LogP contribution < -0.4 is 0 Å². The highest BCUT2D eigenvalue weighted by atomic mass is 79.9. The number of benzene rings is 2. The van der Waals surface area contributed by atoms with Gasteiger partial charge in [0, 0.05) is 65.5 Å². The van der Waals surface area contributed by atoms with Crippen molar-refractivity contribution in [3.05, 3.63) is 68.9 Å². The lowest BCUT2D eigenvalue weighted by molar-refractivity contribution is -0.140. The maximum atomic E-state index is 12.1. The average molecular weight is 618 g/mol. The van der Waals surface area contributed by atoms with Crippen LogP contribution in [-0.4, -0.2) is 88.9 Å². The molecule has 0 radical (unpaired) electrons. The molecule has 0 bridgehead atoms. The molecule has 0 spiro atoms. The zero-order valence-electron chi connectivity index (χ0n) is 21.4. The van der Waals surface area contributed by atoms with E-state index in [0.29, 0.717) is 17.3 Å². The summed E-state index contributed by atoms with van der Waals surface area (Å²) in [6.45, 7) is 5.34. The highest BCUT2D eigenvalue weighted by Gasteiger charge is 2.30. The van der Waals surface area contributed by atoms with Gasteiger partial charge < -0.3 is 9.64 Å². The fourth-order valence-electron chi connectivity index (χ4n) is 4.75. The largest absolute Gasteiger partial charge is 0.469 e. The number of methoxy groups -OCH3 is 1. The van der Waals surface area contributed by atoms with E-state index < -0.39 is 6.04 Å². The number of hydrogen-bond acceptors (Lipinski definition) is 8. The predicted molar refractivity (Wildman–Crippen MR) is 155 cm³/mol. The number of fused-ring (bicyclic) bond motifs is 3. The monoisotopic (exact) mass is 616 g/mol. The van der Waals surface area contributed by atoms with Crippen LogP contribution in [0.25, 0.3) is 5.69 Å². The number of aliphatic imine (C=N–C) groups is 1. The second kappa shape index (κ2) is 12.3. The summed E-state index contributed by atoms with van der Waals surface area (Å²) in [7, 11) is 3.57. The van der Waals surface area contributed by atoms with Gasteiger partial charge in [-0.25, -0.2) is 0 Å². The van der Waals surface area contributed by atoms with Gasteiger partial charge >= 0.3 is 5.97 Å². The number of piperazine rings is 1. The number of nitrogens with zero attached hydrogens (tertiary/aromatic N) is 6. The molecule has 2 aliphatic rings. The molecule has 2 aromatic carbocycles. The molecule has 0 aliphatic carbocycles. The number of thioether (sulfide) groups is 1. The molecule has 11 heteroatoms. The summed E-state index contributed by atoms with van der Waals surface area (Å²) in [5.41, 5.74) is 3.46. The van der Waals surface area contributed by atoms with E-state index in [1.54, 1.807) is 11.8 Å². The van der Waals surface area contributed by atoms with Gasteiger partial charge in [0.05, 0.1) is 18.5 Å². The first-order chi connectivity index (χ1) is 18.4. The molecular weight excluding hydrogens is 588 g/mol. The lowest BCUT2D eigenvalue weighted by atomic mass is 10.00. The van der Waals surface area contributed by atoms with E-state index in [2.05, 4.69) is 59.7 Å². The average Bonchev–Trinajstić information content (AvgIpc) is 3.28. The Kier molecular flexibility index (Phi) is 8.84. The Labute approximate surface area is 240 Å². The van der Waals surface area contributed by atoms with Crippen molar-refractivity contribution in [1.29, 1.82) is 0 Å². The van der Waals surface area contributed by atoms with E-state index in [1.165, 1.54) is 7.11 Å². The lowest BCUT2D eigenvalue weighted by Crippen LogP contribution is -2.45. The Morgan fingerprint density at radius 3 is 2.68 bits per heavy atom. The van der Waals surface area contributed by atoms with Gasteiger partial charge in [-0.2, -0.15) is 0 Å². The Balaban J connectivity index is 1.53. The Morgan fingerprint density at radius 2 is 1.92 bits per heavy atom. The minimum atomic E-state index is -0.397. The van der Waals surface area contributed by atoms with Crippen molar-refractivity contribution in [3.63, 3.8) is 0 Å². The fourth-order valence-corrected chi connectivity index (χ4v) is 6.29. The maximum absolute atomic E-state index is 12.1. The van der Waals surface area contributed by atoms with E-state index in [4.69, 9.17) is 21.3 Å². The number of ether oxygens (including phenoxy) is 1. The molecule has 3 heterocycles. The van der Waals surface area contributed by atoms with Crippen molar-refractivity contribution in [2.75, 3.05) is 52.6 Å². The molecule has 38 heavy (non-hydrogen) atoms. The second-order valence-electron chi connectivity index (χ2n) is 9.42. The molecule has 0 amide bonds. The Morgan fingerprint density at radius 1 is 1.13 bits per heavy atom. The molecule has 3 aromatic rings. The first kappa shape index (κ1) is 27.3. The van der Waals surface area contributed by atoms with Crippen molar-refractivity contribution in [3.8, 4) is 5.69 Å². The summed E-state index contributed by atoms with van der Waals surface area (Å²) >= 11 is 12.0. The summed E-state index contributed by atoms with van der Waals surface area (Å²) in [6.07, 6.45) is 0.666. The van der Waals surface area contributed by atoms with Crippen LogP contribution >= 0.6 is 39.3 Å². The molecule has 0 saturated carbocycles. The smallest absolute Gasteiger partial charge is 0.305 e. The molecule has 200 valence electrons. The molecule has 1 atom stereocenters. The third-order valence-electron chi connectivity index (χ3n) is 6.91. The van der Waals surface area contributed by atoms with Gasteiger partial charge in [-0.15, -0.1) is 10.2 Å². The number of halogens is 2. The molecule has 1 fully saturated rings. The van der Waals surface area contributed by atoms with Crippen LogP contribution in [0, 0.1) is 0 Å². The van der Waals surface area contributed by atoms with E-state index in [-0.39, 0.29) is 12.4 Å². The molecule has 5 rings (SSSR count). The normalized spacial score (nSPS) is 17.9. The highest BCUT2D eigenvalue weighted by Crippen LogP contribution is 2.37. The third kappa shape index (κ3) is 5.99. The van der Waals surface area contributed by atoms with Crippen molar-refractivity contribution in [2.45, 2.75) is 24.0 Å². The number of carbonyl (C=O) groups is 1. The van der Waals surface area contributed by atoms with Crippen molar-refractivity contribution >= 4 is 51.0 Å². The third-order valence-corrected chi connectivity index (χ3v) is 8.64. The van der Waals surface area contributed by atoms with Gasteiger partial charge in [0.2, 0.25) is 0 Å². The number of esters is 1. The number of carbonyl (C=O) groups excluding carboxylic acids is 1. The minimum Gasteiger partial charge on any atom is -0.469 e. The first-order valence-electron chi connectivity index (χ1n) is 12.6. The zero-order valence-corrected chi connectivity index (χ0v) is 24.6. The van der Waals surface area contributed by atoms with Crippen molar-refractivity contribution in [2.24, 2.45) is 4.99 Å². The molecule has 1 saturated heterocycles. The van der Waals surface area contributed by atoms with Crippen LogP contribution in [0.4, 0.5) is 0 Å². The molecular formula is C27H30BrClN6O2S. The molecule has 2 aliphatic heterocycles. The maximum Gasteiger partial charge on any atom is 0.305 e. The number of likely N-dealkylation sites (N-methyl/N-ethyl adjacent to an activating group) is 1. The summed E-state index contributed by atoms with van der Waals surface area (Å²) in [5, 5.41) is 10.6. The number of rotatable bonds is 8. The van der Waals surface area contributed by atoms with Crippen LogP contribution in [0.15, 0.2) is 57.1 Å². The van der Waals surface area contributed by atoms with Crippen LogP contribution in [-0.2, 0) is 9.53 Å². The Bertz CT molecular complexity index is 1340. The first-order valence-corrected chi connectivity index (χ1v) is 14.8. The lowest BCUT2D eigenvalue weighted by Gasteiger charge is -2.32. The van der Waals surface area contributed by atoms with Crippen LogP contribution in [0.5, 0.6) is 0 Å². The van der Waals surface area contributed by atoms with Gasteiger partial charge in [0.15, 0.2) is 11.0 Å². The van der Waals surface area contributed by atoms with Gasteiger partial charge in [0.25, 0.3) is 0 Å². The summed E-state index contributed by atoms with van der Waals surface area (Å²) in [5.74, 6) is 1.33. The summed E-state index contributed by atoms with van der Waals surface area (Å²) < 4.78 is 7.96. The quantitative estimate of drug-likeness (QED) is 0.264. The van der Waals surface area contributed by atoms with Gasteiger partial charge in [0.1, 0.15) is 6.04 Å². The van der Waals surface area contributed by atoms with E-state index in [1.807, 2.05) is 30.3 Å². The molecule has 8 nitrogen and oxygen atoms in total. The molecule has 0 N–H and O–H groups in total. The minimum absolute atomic E-state index is 0.221. The van der Waals surface area contributed by atoms with Crippen LogP contribution in [0.2, 0.25) is 5.02 Å². The molecule has 0 unspecified atom stereocenters. The van der Waals surface area contributed by atoms with E-state index >= 15 is 0 Å². The van der Waals surface area contributed by atoms with Crippen molar-refractivity contribution in [1.82, 2.24) is 24.6 Å². The topological polar surface area (TPSA) is 75.8 Å². The van der Waals surface area contributed by atoms with Gasteiger partial charge in [-0.1, -0.05) is 57.5 Å². The standard InChI is InChI=1S/C27H30BrClN6O2S/c1-33-11-13-34(14-12-33)15-16-38-27-32-31-26-22(8-10-24(36)37-2)30-25(19-5-3-4-6-21(19)29)20-17-18(28)7-9-23(20)35(26)27/h3-7,9,17,22H,8,10-16H2,1-2H3/t22-/m0/s1. The number of aromatic nitrogens is 3. The van der Waals surface area contributed by atoms with Gasteiger partial charge in [-0.05, 0) is 37.7 Å². The SMILES string of the molecule is COC(=O)CC[C@@H]1N=C(c2ccccc2Cl)c2cc(Br)ccc2-n2c(SCCN3CCN(C)CC3)nnc21. The second-order valence-corrected chi connectivity index (χ2v) is 11.8. The molecule has 1 aromatic heterocycles. The van der Waals surface area contributed by atoms with Crippen LogP contribution in [0.3, 0.4) is 0 Å². The summed E-state index contributed by atoms with van der Waals surface area (Å²) in [6, 6.07) is 13.4. The van der Waals surface area contributed by atoms with Gasteiger partial charge in [-0.3, -0.25) is 19.3 Å². The zero-order chi connectivity index (χ0) is 26.6.